The van der Waals surface area contributed by atoms with Crippen molar-refractivity contribution in [2.75, 3.05) is 40.5 Å². The Hall–Kier alpha value is -2.63. The van der Waals surface area contributed by atoms with E-state index in [2.05, 4.69) is 28.5 Å². The molecule has 36 heavy (non-hydrogen) atoms. The third-order valence-electron chi connectivity index (χ3n) is 6.34. The van der Waals surface area contributed by atoms with Crippen molar-refractivity contribution in [1.29, 1.82) is 0 Å². The van der Waals surface area contributed by atoms with Crippen molar-refractivity contribution in [2.24, 2.45) is 10.1 Å². The van der Waals surface area contributed by atoms with E-state index in [0.29, 0.717) is 11.3 Å². The second-order valence-electron chi connectivity index (χ2n) is 9.48. The molecule has 194 valence electrons. The quantitative estimate of drug-likeness (QED) is 0.522. The van der Waals surface area contributed by atoms with Crippen molar-refractivity contribution in [1.82, 2.24) is 25.4 Å². The summed E-state index contributed by atoms with van der Waals surface area (Å²) in [6, 6.07) is 7.27. The zero-order valence-electron chi connectivity index (χ0n) is 21.5. The molecule has 2 fully saturated rings. The van der Waals surface area contributed by atoms with Gasteiger partial charge in [0.05, 0.1) is 6.04 Å². The van der Waals surface area contributed by atoms with Crippen LogP contribution in [0.1, 0.15) is 25.3 Å². The van der Waals surface area contributed by atoms with Crippen molar-refractivity contribution in [3.63, 3.8) is 0 Å². The van der Waals surface area contributed by atoms with Crippen LogP contribution >= 0.6 is 11.8 Å². The van der Waals surface area contributed by atoms with E-state index in [4.69, 9.17) is 10.1 Å². The second kappa shape index (κ2) is 11.2. The van der Waals surface area contributed by atoms with E-state index in [-0.39, 0.29) is 17.4 Å². The van der Waals surface area contributed by atoms with E-state index in [9.17, 15) is 9.00 Å². The minimum atomic E-state index is -1.08. The van der Waals surface area contributed by atoms with Crippen LogP contribution in [0.3, 0.4) is 0 Å². The first-order valence-electron chi connectivity index (χ1n) is 12.0. The molecule has 4 rings (SSSR count). The summed E-state index contributed by atoms with van der Waals surface area (Å²) in [6.45, 7) is 3.77. The van der Waals surface area contributed by atoms with E-state index in [1.54, 1.807) is 30.2 Å². The maximum Gasteiger partial charge on any atom is 0.274 e. The standard InChI is InChI=1S/C25H35N7O2S2/c1-25-20(12-13-21(28-25)26-14-17-30(2)3)31(4)24(35-25)27-23(33)22(29-32-15-6-7-16-32)18-8-10-19(11-9-18)36(5)34/h8-14,17,20,24H,6-7,15-16H2,1-5H3,(H,26,28)(H,27,33)/b17-14+,29-22+. The highest BCUT2D eigenvalue weighted by atomic mass is 32.2. The molecule has 0 spiro atoms. The van der Waals surface area contributed by atoms with Crippen LogP contribution in [0.25, 0.3) is 0 Å². The van der Waals surface area contributed by atoms with Gasteiger partial charge < -0.3 is 15.5 Å². The van der Waals surface area contributed by atoms with Gasteiger partial charge in [-0.05, 0) is 45.0 Å². The van der Waals surface area contributed by atoms with Crippen LogP contribution in [0.4, 0.5) is 0 Å². The maximum absolute atomic E-state index is 13.6. The molecule has 9 nitrogen and oxygen atoms in total. The van der Waals surface area contributed by atoms with Crippen LogP contribution in [0.2, 0.25) is 0 Å². The first-order valence-corrected chi connectivity index (χ1v) is 14.5. The monoisotopic (exact) mass is 529 g/mol. The number of hydrogen-bond acceptors (Lipinski definition) is 9. The number of fused-ring (bicyclic) bond motifs is 1. The molecule has 3 heterocycles. The lowest BCUT2D eigenvalue weighted by atomic mass is 10.1. The molecular formula is C25H35N7O2S2. The van der Waals surface area contributed by atoms with Crippen molar-refractivity contribution in [2.45, 2.75) is 41.1 Å². The summed E-state index contributed by atoms with van der Waals surface area (Å²) in [5.41, 5.74) is 0.804. The third kappa shape index (κ3) is 6.01. The molecule has 4 atom stereocenters. The molecular weight excluding hydrogens is 494 g/mol. The normalized spacial score (nSPS) is 27.2. The molecule has 0 bridgehead atoms. The number of dihydropyridines is 1. The van der Waals surface area contributed by atoms with Crippen molar-refractivity contribution >= 4 is 40.0 Å². The summed E-state index contributed by atoms with van der Waals surface area (Å²) in [7, 11) is 4.84. The van der Waals surface area contributed by atoms with E-state index < -0.39 is 15.7 Å². The Kier molecular flexibility index (Phi) is 8.21. The van der Waals surface area contributed by atoms with Gasteiger partial charge in [-0.15, -0.1) is 0 Å². The van der Waals surface area contributed by atoms with Gasteiger partial charge in [0.2, 0.25) is 0 Å². The van der Waals surface area contributed by atoms with Crippen LogP contribution in [-0.4, -0.2) is 93.4 Å². The van der Waals surface area contributed by atoms with Crippen molar-refractivity contribution < 1.29 is 9.00 Å². The fourth-order valence-electron chi connectivity index (χ4n) is 4.41. The molecule has 4 unspecified atom stereocenters. The predicted molar refractivity (Wildman–Crippen MR) is 148 cm³/mol. The molecule has 0 aliphatic carbocycles. The smallest absolute Gasteiger partial charge is 0.274 e. The molecule has 1 aromatic rings. The highest BCUT2D eigenvalue weighted by Crippen LogP contribution is 2.45. The Balaban J connectivity index is 1.52. The van der Waals surface area contributed by atoms with Crippen LogP contribution < -0.4 is 10.6 Å². The number of thioether (sulfide) groups is 1. The van der Waals surface area contributed by atoms with Gasteiger partial charge in [0.15, 0.2) is 5.71 Å². The fourth-order valence-corrected chi connectivity index (χ4v) is 6.38. The van der Waals surface area contributed by atoms with Crippen molar-refractivity contribution in [3.05, 3.63) is 54.4 Å². The number of rotatable bonds is 7. The molecule has 3 aliphatic heterocycles. The van der Waals surface area contributed by atoms with Gasteiger partial charge in [0, 0.05) is 67.1 Å². The van der Waals surface area contributed by atoms with Crippen molar-refractivity contribution in [3.8, 4) is 0 Å². The molecule has 3 aliphatic rings. The third-order valence-corrected chi connectivity index (χ3v) is 8.76. The first kappa shape index (κ1) is 26.4. The Bertz CT molecular complexity index is 1110. The number of amides is 1. The minimum absolute atomic E-state index is 0.0361. The zero-order chi connectivity index (χ0) is 25.9. The Labute approximate surface area is 220 Å². The van der Waals surface area contributed by atoms with E-state index in [1.807, 2.05) is 61.7 Å². The van der Waals surface area contributed by atoms with Gasteiger partial charge in [-0.25, -0.2) is 4.99 Å². The summed E-state index contributed by atoms with van der Waals surface area (Å²) in [5, 5.41) is 13.1. The number of nitrogens with zero attached hydrogens (tertiary/aromatic N) is 5. The van der Waals surface area contributed by atoms with Gasteiger partial charge in [0.1, 0.15) is 16.2 Å². The summed E-state index contributed by atoms with van der Waals surface area (Å²) in [4.78, 5) is 22.9. The number of likely N-dealkylation sites (N-methyl/N-ethyl adjacent to an activating group) is 1. The lowest BCUT2D eigenvalue weighted by Gasteiger charge is -2.30. The average Bonchev–Trinajstić information content (AvgIpc) is 3.43. The lowest BCUT2D eigenvalue weighted by molar-refractivity contribution is -0.115. The molecule has 11 heteroatoms. The largest absolute Gasteiger partial charge is 0.382 e. The Morgan fingerprint density at radius 3 is 2.61 bits per heavy atom. The molecule has 1 aromatic carbocycles. The van der Waals surface area contributed by atoms with Crippen LogP contribution in [-0.2, 0) is 15.6 Å². The summed E-state index contributed by atoms with van der Waals surface area (Å²) < 4.78 is 11.8. The number of benzene rings is 1. The first-order chi connectivity index (χ1) is 17.2. The fraction of sp³-hybridized carbons (Fsp3) is 0.480. The molecule has 2 saturated heterocycles. The molecule has 0 aromatic heterocycles. The number of nitrogens with one attached hydrogen (secondary N) is 2. The Morgan fingerprint density at radius 1 is 1.28 bits per heavy atom. The topological polar surface area (TPSA) is 92.6 Å². The number of hydrogen-bond donors (Lipinski definition) is 2. The molecule has 0 radical (unpaired) electrons. The van der Waals surface area contributed by atoms with Gasteiger partial charge in [-0.3, -0.25) is 18.9 Å². The highest BCUT2D eigenvalue weighted by molar-refractivity contribution is 8.01. The molecule has 2 N–H and O–H groups in total. The Morgan fingerprint density at radius 2 is 1.97 bits per heavy atom. The van der Waals surface area contributed by atoms with E-state index >= 15 is 0 Å². The van der Waals surface area contributed by atoms with Gasteiger partial charge >= 0.3 is 0 Å². The summed E-state index contributed by atoms with van der Waals surface area (Å²) in [6.07, 6.45) is 11.7. The van der Waals surface area contributed by atoms with Gasteiger partial charge in [-0.1, -0.05) is 30.0 Å². The number of aliphatic imine (C=N–C) groups is 1. The second-order valence-corrected chi connectivity index (χ2v) is 12.4. The summed E-state index contributed by atoms with van der Waals surface area (Å²) in [5.74, 6) is 0.545. The number of carbonyl (C=O) groups is 1. The van der Waals surface area contributed by atoms with Crippen LogP contribution in [0, 0.1) is 0 Å². The van der Waals surface area contributed by atoms with E-state index in [1.165, 1.54) is 0 Å². The number of carbonyl (C=O) groups excluding carboxylic acids is 1. The SMILES string of the molecule is CN(C)/C=C/NC1=NC2(C)SC(NC(=O)/C(=N/N3CCCC3)c3ccc(S(C)=O)cc3)N(C)C2C=C1. The van der Waals surface area contributed by atoms with E-state index in [0.717, 1.165) is 36.7 Å². The molecule has 0 saturated carbocycles. The zero-order valence-corrected chi connectivity index (χ0v) is 23.1. The minimum Gasteiger partial charge on any atom is -0.382 e. The van der Waals surface area contributed by atoms with Gasteiger partial charge in [-0.2, -0.15) is 5.10 Å². The lowest BCUT2D eigenvalue weighted by Crippen LogP contribution is -2.48. The number of hydrazone groups is 1. The highest BCUT2D eigenvalue weighted by Gasteiger charge is 2.49. The predicted octanol–water partition coefficient (Wildman–Crippen LogP) is 1.98. The maximum atomic E-state index is 13.6. The van der Waals surface area contributed by atoms with Crippen LogP contribution in [0.15, 0.2) is 63.8 Å². The van der Waals surface area contributed by atoms with Crippen LogP contribution in [0.5, 0.6) is 0 Å². The summed E-state index contributed by atoms with van der Waals surface area (Å²) >= 11 is 1.61. The molecule has 1 amide bonds. The van der Waals surface area contributed by atoms with Gasteiger partial charge in [0.25, 0.3) is 5.91 Å². The number of amidine groups is 1. The average molecular weight is 530 g/mol.